The van der Waals surface area contributed by atoms with E-state index in [1.165, 1.54) is 6.92 Å². The molecule has 0 heterocycles. The smallest absolute Gasteiger partial charge is 0.323 e. The number of aliphatic hydroxyl groups excluding tert-OH is 1. The fourth-order valence-electron chi connectivity index (χ4n) is 0.986. The van der Waals surface area contributed by atoms with Crippen molar-refractivity contribution >= 4 is 46.0 Å². The van der Waals surface area contributed by atoms with Crippen LogP contribution in [0.25, 0.3) is 0 Å². The van der Waals surface area contributed by atoms with Crippen molar-refractivity contribution in [2.45, 2.75) is 76.3 Å². The van der Waals surface area contributed by atoms with E-state index in [1.807, 2.05) is 27.7 Å². The first kappa shape index (κ1) is 31.6. The molecule has 0 bridgehead atoms. The Kier molecular flexibility index (Phi) is 19.7. The summed E-state index contributed by atoms with van der Waals surface area (Å²) in [6.07, 6.45) is 1.36. The number of alkyl halides is 2. The van der Waals surface area contributed by atoms with E-state index in [2.05, 4.69) is 0 Å². The molecule has 0 radical (unpaired) electrons. The lowest BCUT2D eigenvalue weighted by Crippen LogP contribution is -2.26. The topological polar surface area (TPSA) is 82.1 Å². The van der Waals surface area contributed by atoms with E-state index in [0.29, 0.717) is 19.4 Å². The highest BCUT2D eigenvalue weighted by Gasteiger charge is 2.18. The van der Waals surface area contributed by atoms with E-state index < -0.39 is 16.0 Å². The van der Waals surface area contributed by atoms with Crippen LogP contribution in [0.1, 0.15) is 54.4 Å². The van der Waals surface area contributed by atoms with Gasteiger partial charge in [0.1, 0.15) is 10.8 Å². The predicted molar refractivity (Wildman–Crippen MR) is 111 cm³/mol. The number of esters is 1. The highest BCUT2D eigenvalue weighted by atomic mass is 35.5. The van der Waals surface area contributed by atoms with Crippen molar-refractivity contribution in [2.75, 3.05) is 27.4 Å². The number of rotatable bonds is 9. The van der Waals surface area contributed by atoms with Gasteiger partial charge in [0.05, 0.1) is 17.8 Å². The molecule has 6 nitrogen and oxygen atoms in total. The van der Waals surface area contributed by atoms with Crippen LogP contribution in [0.5, 0.6) is 0 Å². The number of aliphatic hydroxyl groups is 1. The van der Waals surface area contributed by atoms with Gasteiger partial charge in [-0.1, -0.05) is 0 Å². The molecule has 0 fully saturated rings. The standard InChI is InChI=1S/C9H17ClO3.C6H14O2.C3H4Cl2O/c1-7(10)8(11)13-6-5-9(2,3)12-4;1-6(2,8-3)4-5-7;1-2(4)3(5)6/h7H,5-6H2,1-4H3;7H,4-5H2,1-3H3;2H,1H3. The average molecular weight is 454 g/mol. The molecule has 0 aliphatic rings. The third kappa shape index (κ3) is 23.9. The van der Waals surface area contributed by atoms with E-state index in [-0.39, 0.29) is 23.8 Å². The maximum Gasteiger partial charge on any atom is 0.323 e. The normalized spacial score (nSPS) is 13.3. The zero-order valence-electron chi connectivity index (χ0n) is 17.6. The molecular formula is C18H35Cl3O6. The number of halogens is 3. The number of hydrogen-bond acceptors (Lipinski definition) is 6. The van der Waals surface area contributed by atoms with Crippen molar-refractivity contribution in [2.24, 2.45) is 0 Å². The molecule has 9 heteroatoms. The molecule has 0 aromatic rings. The van der Waals surface area contributed by atoms with E-state index in [0.717, 1.165) is 0 Å². The summed E-state index contributed by atoms with van der Waals surface area (Å²) in [7, 11) is 3.28. The Labute approximate surface area is 178 Å². The van der Waals surface area contributed by atoms with Crippen molar-refractivity contribution in [1.82, 2.24) is 0 Å². The Hall–Kier alpha value is -0.110. The number of carbonyl (C=O) groups is 2. The summed E-state index contributed by atoms with van der Waals surface area (Å²) in [6, 6.07) is 0. The Morgan fingerprint density at radius 2 is 1.30 bits per heavy atom. The zero-order chi connectivity index (χ0) is 22.3. The molecule has 1 N–H and O–H groups in total. The van der Waals surface area contributed by atoms with E-state index in [4.69, 9.17) is 54.1 Å². The van der Waals surface area contributed by atoms with Crippen molar-refractivity contribution in [3.05, 3.63) is 0 Å². The lowest BCUT2D eigenvalue weighted by molar-refractivity contribution is -0.144. The van der Waals surface area contributed by atoms with Crippen LogP contribution in [0.15, 0.2) is 0 Å². The summed E-state index contributed by atoms with van der Waals surface area (Å²) in [4.78, 5) is 20.7. The minimum absolute atomic E-state index is 0.158. The van der Waals surface area contributed by atoms with Crippen molar-refractivity contribution in [3.63, 3.8) is 0 Å². The first-order chi connectivity index (χ1) is 12.2. The van der Waals surface area contributed by atoms with Crippen molar-refractivity contribution in [3.8, 4) is 0 Å². The third-order valence-electron chi connectivity index (χ3n) is 3.41. The molecule has 2 atom stereocenters. The number of hydrogen-bond donors (Lipinski definition) is 1. The maximum absolute atomic E-state index is 10.9. The zero-order valence-corrected chi connectivity index (χ0v) is 19.9. The maximum atomic E-state index is 10.9. The molecule has 0 aliphatic carbocycles. The molecule has 0 aliphatic heterocycles. The summed E-state index contributed by atoms with van der Waals surface area (Å²) in [5.74, 6) is -0.381. The van der Waals surface area contributed by atoms with E-state index in [1.54, 1.807) is 21.1 Å². The highest BCUT2D eigenvalue weighted by molar-refractivity contribution is 6.69. The van der Waals surface area contributed by atoms with Crippen LogP contribution >= 0.6 is 34.8 Å². The fourth-order valence-corrected chi connectivity index (χ4v) is 1.05. The minimum Gasteiger partial charge on any atom is -0.464 e. The Morgan fingerprint density at radius 1 is 0.926 bits per heavy atom. The molecule has 0 aromatic heterocycles. The Balaban J connectivity index is -0.000000351. The largest absolute Gasteiger partial charge is 0.464 e. The van der Waals surface area contributed by atoms with E-state index >= 15 is 0 Å². The molecule has 0 saturated heterocycles. The first-order valence-corrected chi connectivity index (χ1v) is 9.76. The van der Waals surface area contributed by atoms with Gasteiger partial charge in [-0.3, -0.25) is 9.59 Å². The Bertz CT molecular complexity index is 399. The number of methoxy groups -OCH3 is 2. The van der Waals surface area contributed by atoms with Crippen LogP contribution in [0.2, 0.25) is 0 Å². The van der Waals surface area contributed by atoms with Crippen LogP contribution in [0.4, 0.5) is 0 Å². The van der Waals surface area contributed by atoms with Crippen LogP contribution < -0.4 is 0 Å². The molecule has 0 amide bonds. The van der Waals surface area contributed by atoms with Gasteiger partial charge in [-0.15, -0.1) is 23.2 Å². The predicted octanol–water partition coefficient (Wildman–Crippen LogP) is 4.14. The second-order valence-corrected chi connectivity index (χ2v) is 8.54. The van der Waals surface area contributed by atoms with Gasteiger partial charge in [0.15, 0.2) is 0 Å². The lowest BCUT2D eigenvalue weighted by Gasteiger charge is -2.22. The highest BCUT2D eigenvalue weighted by Crippen LogP contribution is 2.13. The molecule has 0 saturated carbocycles. The minimum atomic E-state index is -0.578. The summed E-state index contributed by atoms with van der Waals surface area (Å²) >= 11 is 15.5. The third-order valence-corrected chi connectivity index (χ3v) is 4.22. The van der Waals surface area contributed by atoms with Crippen LogP contribution in [-0.2, 0) is 23.8 Å². The molecule has 0 aromatic carbocycles. The number of carbonyl (C=O) groups excluding carboxylic acids is 2. The average Bonchev–Trinajstić information content (AvgIpc) is 2.55. The van der Waals surface area contributed by atoms with Gasteiger partial charge in [-0.25, -0.2) is 0 Å². The van der Waals surface area contributed by atoms with Gasteiger partial charge >= 0.3 is 5.97 Å². The molecular weight excluding hydrogens is 419 g/mol. The lowest BCUT2D eigenvalue weighted by atomic mass is 10.1. The SMILES string of the molecule is CC(Cl)C(=O)Cl.COC(C)(C)CCO.COC(C)(C)CCOC(=O)C(C)Cl. The van der Waals surface area contributed by atoms with Gasteiger partial charge in [-0.2, -0.15) is 0 Å². The summed E-state index contributed by atoms with van der Waals surface area (Å²) < 4.78 is 15.1. The molecule has 164 valence electrons. The fraction of sp³-hybridized carbons (Fsp3) is 0.889. The second-order valence-electron chi connectivity index (χ2n) is 6.85. The van der Waals surface area contributed by atoms with Crippen molar-refractivity contribution in [1.29, 1.82) is 0 Å². The van der Waals surface area contributed by atoms with Gasteiger partial charge in [0.25, 0.3) is 0 Å². The van der Waals surface area contributed by atoms with E-state index in [9.17, 15) is 9.59 Å². The van der Waals surface area contributed by atoms with Crippen LogP contribution in [0, 0.1) is 0 Å². The first-order valence-electron chi connectivity index (χ1n) is 8.51. The number of ether oxygens (including phenoxy) is 3. The summed E-state index contributed by atoms with van der Waals surface area (Å²) in [5, 5.41) is 6.82. The van der Waals surface area contributed by atoms with Gasteiger partial charge in [-0.05, 0) is 59.6 Å². The molecule has 0 spiro atoms. The van der Waals surface area contributed by atoms with Gasteiger partial charge < -0.3 is 19.3 Å². The van der Waals surface area contributed by atoms with Gasteiger partial charge in [0.2, 0.25) is 5.24 Å². The second kappa shape index (κ2) is 16.8. The molecule has 0 rings (SSSR count). The summed E-state index contributed by atoms with van der Waals surface area (Å²) in [5.41, 5.74) is -0.412. The van der Waals surface area contributed by atoms with Crippen LogP contribution in [-0.4, -0.2) is 65.7 Å². The van der Waals surface area contributed by atoms with Crippen molar-refractivity contribution < 1.29 is 28.9 Å². The molecule has 27 heavy (non-hydrogen) atoms. The molecule has 2 unspecified atom stereocenters. The summed E-state index contributed by atoms with van der Waals surface area (Å²) in [6.45, 7) is 11.4. The monoisotopic (exact) mass is 452 g/mol. The van der Waals surface area contributed by atoms with Gasteiger partial charge in [0, 0.05) is 27.2 Å². The van der Waals surface area contributed by atoms with Crippen LogP contribution in [0.3, 0.4) is 0 Å². The Morgan fingerprint density at radius 3 is 1.52 bits per heavy atom. The quantitative estimate of drug-likeness (QED) is 0.321.